The molecule has 2 aliphatic carbocycles. The molecule has 0 saturated heterocycles. The maximum atomic E-state index is 13.5. The number of nitrogens with zero attached hydrogens (tertiary/aromatic N) is 2. The third kappa shape index (κ3) is 3.49. The number of aromatic nitrogens is 1. The minimum atomic E-state index is -0.517. The largest absolute Gasteiger partial charge is 0.464 e. The summed E-state index contributed by atoms with van der Waals surface area (Å²) < 4.78 is 6.77. The topological polar surface area (TPSA) is 68.6 Å². The van der Waals surface area contributed by atoms with Gasteiger partial charge in [0.15, 0.2) is 5.78 Å². The molecule has 2 aliphatic rings. The van der Waals surface area contributed by atoms with E-state index in [1.165, 1.54) is 7.11 Å². The summed E-state index contributed by atoms with van der Waals surface area (Å²) in [6, 6.07) is -0.336. The van der Waals surface area contributed by atoms with E-state index in [2.05, 4.69) is 0 Å². The van der Waals surface area contributed by atoms with Crippen LogP contribution >= 0.6 is 0 Å². The van der Waals surface area contributed by atoms with E-state index in [0.29, 0.717) is 23.4 Å². The first-order chi connectivity index (χ1) is 13.3. The molecule has 2 fully saturated rings. The molecule has 0 aromatic carbocycles. The molecule has 0 unspecified atom stereocenters. The number of ether oxygens (including phenoxy) is 1. The molecule has 154 valence electrons. The molecule has 0 spiro atoms. The number of amides is 1. The molecule has 1 aromatic heterocycles. The van der Waals surface area contributed by atoms with Gasteiger partial charge in [0.25, 0.3) is 0 Å². The van der Waals surface area contributed by atoms with Crippen LogP contribution in [0.4, 0.5) is 0 Å². The summed E-state index contributed by atoms with van der Waals surface area (Å²) in [5.41, 5.74) is 2.39. The van der Waals surface area contributed by atoms with Gasteiger partial charge in [-0.1, -0.05) is 12.8 Å². The minimum Gasteiger partial charge on any atom is -0.464 e. The Kier molecular flexibility index (Phi) is 5.96. The van der Waals surface area contributed by atoms with Crippen LogP contribution in [0.15, 0.2) is 0 Å². The fraction of sp³-hybridized carbons (Fsp3) is 0.682. The maximum absolute atomic E-state index is 13.5. The van der Waals surface area contributed by atoms with Crippen molar-refractivity contribution in [1.82, 2.24) is 9.47 Å². The molecule has 1 amide bonds. The molecule has 1 heterocycles. The van der Waals surface area contributed by atoms with E-state index in [4.69, 9.17) is 4.74 Å². The summed E-state index contributed by atoms with van der Waals surface area (Å²) in [5, 5.41) is 0. The van der Waals surface area contributed by atoms with Gasteiger partial charge in [0.05, 0.1) is 13.2 Å². The lowest BCUT2D eigenvalue weighted by Gasteiger charge is -2.31. The summed E-state index contributed by atoms with van der Waals surface area (Å²) in [5.74, 6) is -0.316. The third-order valence-electron chi connectivity index (χ3n) is 6.40. The van der Waals surface area contributed by atoms with Gasteiger partial charge in [-0.2, -0.15) is 0 Å². The second-order valence-corrected chi connectivity index (χ2v) is 8.17. The van der Waals surface area contributed by atoms with Crippen molar-refractivity contribution < 1.29 is 19.1 Å². The lowest BCUT2D eigenvalue weighted by molar-refractivity contribution is -0.137. The molecule has 2 saturated carbocycles. The van der Waals surface area contributed by atoms with Gasteiger partial charge < -0.3 is 14.2 Å². The number of carbonyl (C=O) groups is 3. The van der Waals surface area contributed by atoms with Crippen molar-refractivity contribution in [2.45, 2.75) is 84.8 Å². The number of carbonyl (C=O) groups excluding carboxylic acids is 3. The predicted molar refractivity (Wildman–Crippen MR) is 107 cm³/mol. The molecule has 6 heteroatoms. The first-order valence-corrected chi connectivity index (χ1v) is 10.5. The number of hydrogen-bond donors (Lipinski definition) is 0. The Labute approximate surface area is 167 Å². The van der Waals surface area contributed by atoms with Gasteiger partial charge in [-0.3, -0.25) is 9.59 Å². The highest BCUT2D eigenvalue weighted by Gasteiger charge is 2.42. The standard InChI is InChI=1S/C22H32N2O4/c1-6-23-14(3)18(13(2)19(23)22(27)28-5)20(25)15(4)24(17-11-12-17)21(26)16-9-7-8-10-16/h15-17H,6-12H2,1-5H3/t15-/m0/s1. The third-order valence-corrected chi connectivity index (χ3v) is 6.40. The van der Waals surface area contributed by atoms with Crippen LogP contribution in [0.3, 0.4) is 0 Å². The average molecular weight is 389 g/mol. The zero-order valence-corrected chi connectivity index (χ0v) is 17.7. The molecule has 28 heavy (non-hydrogen) atoms. The number of ketones is 1. The second-order valence-electron chi connectivity index (χ2n) is 8.17. The Hall–Kier alpha value is -2.11. The van der Waals surface area contributed by atoms with E-state index in [1.54, 1.807) is 6.92 Å². The summed E-state index contributed by atoms with van der Waals surface area (Å²) in [6.45, 7) is 8.02. The number of esters is 1. The molecule has 0 N–H and O–H groups in total. The SMILES string of the molecule is CCn1c(C)c(C(=O)[C@H](C)N(C(=O)C2CCCC2)C2CC2)c(C)c1C(=O)OC. The Morgan fingerprint density at radius 1 is 1.14 bits per heavy atom. The molecular weight excluding hydrogens is 356 g/mol. The first-order valence-electron chi connectivity index (χ1n) is 10.5. The van der Waals surface area contributed by atoms with Crippen molar-refractivity contribution in [2.24, 2.45) is 5.92 Å². The first kappa shape index (κ1) is 20.6. The Bertz CT molecular complexity index is 785. The summed E-state index contributed by atoms with van der Waals surface area (Å²) in [6.07, 6.45) is 5.99. The molecule has 0 bridgehead atoms. The number of hydrogen-bond acceptors (Lipinski definition) is 4. The van der Waals surface area contributed by atoms with Crippen molar-refractivity contribution in [2.75, 3.05) is 7.11 Å². The van der Waals surface area contributed by atoms with E-state index < -0.39 is 12.0 Å². The highest BCUT2D eigenvalue weighted by Crippen LogP contribution is 2.36. The minimum absolute atomic E-state index is 0.0592. The van der Waals surface area contributed by atoms with Crippen molar-refractivity contribution in [1.29, 1.82) is 0 Å². The van der Waals surface area contributed by atoms with E-state index in [9.17, 15) is 14.4 Å². The Morgan fingerprint density at radius 2 is 1.75 bits per heavy atom. The summed E-state index contributed by atoms with van der Waals surface area (Å²) >= 11 is 0. The zero-order valence-electron chi connectivity index (χ0n) is 17.7. The molecule has 0 radical (unpaired) electrons. The quantitative estimate of drug-likeness (QED) is 0.528. The predicted octanol–water partition coefficient (Wildman–Crippen LogP) is 3.66. The van der Waals surface area contributed by atoms with Crippen LogP contribution < -0.4 is 0 Å². The van der Waals surface area contributed by atoms with Gasteiger partial charge in [-0.25, -0.2) is 4.79 Å². The van der Waals surface area contributed by atoms with Crippen molar-refractivity contribution in [3.8, 4) is 0 Å². The van der Waals surface area contributed by atoms with Crippen LogP contribution in [0.2, 0.25) is 0 Å². The lowest BCUT2D eigenvalue weighted by atomic mass is 9.98. The van der Waals surface area contributed by atoms with Crippen LogP contribution in [0.5, 0.6) is 0 Å². The summed E-state index contributed by atoms with van der Waals surface area (Å²) in [4.78, 5) is 40.8. The fourth-order valence-electron chi connectivity index (χ4n) is 4.77. The van der Waals surface area contributed by atoms with Gasteiger partial charge >= 0.3 is 5.97 Å². The second kappa shape index (κ2) is 8.10. The smallest absolute Gasteiger partial charge is 0.354 e. The van der Waals surface area contributed by atoms with Crippen LogP contribution in [0.25, 0.3) is 0 Å². The van der Waals surface area contributed by atoms with E-state index in [1.807, 2.05) is 30.2 Å². The normalized spacial score (nSPS) is 18.2. The van der Waals surface area contributed by atoms with Crippen LogP contribution in [0, 0.1) is 19.8 Å². The highest BCUT2D eigenvalue weighted by molar-refractivity contribution is 6.06. The van der Waals surface area contributed by atoms with E-state index >= 15 is 0 Å². The molecule has 3 rings (SSSR count). The number of methoxy groups -OCH3 is 1. The highest BCUT2D eigenvalue weighted by atomic mass is 16.5. The summed E-state index contributed by atoms with van der Waals surface area (Å²) in [7, 11) is 1.35. The van der Waals surface area contributed by atoms with Crippen molar-refractivity contribution in [3.63, 3.8) is 0 Å². The zero-order chi connectivity index (χ0) is 20.6. The van der Waals surface area contributed by atoms with E-state index in [0.717, 1.165) is 44.2 Å². The Balaban J connectivity index is 1.95. The molecule has 6 nitrogen and oxygen atoms in total. The van der Waals surface area contributed by atoms with Gasteiger partial charge in [-0.15, -0.1) is 0 Å². The molecule has 1 aromatic rings. The Morgan fingerprint density at radius 3 is 2.25 bits per heavy atom. The monoisotopic (exact) mass is 388 g/mol. The van der Waals surface area contributed by atoms with Crippen molar-refractivity contribution >= 4 is 17.7 Å². The van der Waals surface area contributed by atoms with E-state index in [-0.39, 0.29) is 23.7 Å². The van der Waals surface area contributed by atoms with Gasteiger partial charge in [0.2, 0.25) is 5.91 Å². The lowest BCUT2D eigenvalue weighted by Crippen LogP contribution is -2.47. The average Bonchev–Trinajstić information content (AvgIpc) is 3.27. The number of Topliss-reactive ketones (excluding diaryl/α,β-unsaturated/α-hetero) is 1. The molecule has 1 atom stereocenters. The van der Waals surface area contributed by atoms with Gasteiger partial charge in [0, 0.05) is 29.8 Å². The van der Waals surface area contributed by atoms with Crippen molar-refractivity contribution in [3.05, 3.63) is 22.5 Å². The van der Waals surface area contributed by atoms with Crippen LogP contribution in [-0.4, -0.2) is 46.3 Å². The maximum Gasteiger partial charge on any atom is 0.354 e. The number of rotatable bonds is 7. The van der Waals surface area contributed by atoms with Gasteiger partial charge in [0.1, 0.15) is 5.69 Å². The molecular formula is C22H32N2O4. The van der Waals surface area contributed by atoms with Crippen LogP contribution in [-0.2, 0) is 16.1 Å². The molecule has 0 aliphatic heterocycles. The van der Waals surface area contributed by atoms with Crippen LogP contribution in [0.1, 0.15) is 84.5 Å². The fourth-order valence-corrected chi connectivity index (χ4v) is 4.77. The van der Waals surface area contributed by atoms with Gasteiger partial charge in [-0.05, 0) is 58.9 Å².